The maximum absolute atomic E-state index is 13.1. The number of benzene rings is 2. The molecule has 0 spiro atoms. The number of hydrogen-bond acceptors (Lipinski definition) is 5. The standard InChI is InChI=1S/C23H17N3O3S/c1-15-6-5-7-16(24-15)14-20-21(27)25-23(30)26(22(20)28)17-10-12-19(13-11-17)29-18-8-3-2-4-9-18/h2-14H,1H3,(H,25,27,30)/b20-14+. The van der Waals surface area contributed by atoms with Gasteiger partial charge in [0.05, 0.1) is 11.4 Å². The van der Waals surface area contributed by atoms with Gasteiger partial charge in [0.25, 0.3) is 11.8 Å². The number of ether oxygens (including phenoxy) is 1. The molecule has 1 saturated heterocycles. The molecule has 0 bridgehead atoms. The summed E-state index contributed by atoms with van der Waals surface area (Å²) in [6.45, 7) is 1.84. The van der Waals surface area contributed by atoms with Crippen molar-refractivity contribution in [3.05, 3.63) is 89.8 Å². The van der Waals surface area contributed by atoms with Crippen LogP contribution in [0.15, 0.2) is 78.4 Å². The predicted molar refractivity (Wildman–Crippen MR) is 118 cm³/mol. The molecule has 7 heteroatoms. The number of carbonyl (C=O) groups excluding carboxylic acids is 2. The molecule has 2 heterocycles. The van der Waals surface area contributed by atoms with Crippen LogP contribution in [0.3, 0.4) is 0 Å². The fourth-order valence-corrected chi connectivity index (χ4v) is 3.25. The summed E-state index contributed by atoms with van der Waals surface area (Å²) in [7, 11) is 0. The minimum atomic E-state index is -0.548. The quantitative estimate of drug-likeness (QED) is 0.396. The van der Waals surface area contributed by atoms with Crippen molar-refractivity contribution in [2.24, 2.45) is 0 Å². The van der Waals surface area contributed by atoms with Crippen LogP contribution in [0.25, 0.3) is 6.08 Å². The molecule has 1 aromatic heterocycles. The van der Waals surface area contributed by atoms with E-state index in [1.807, 2.05) is 49.4 Å². The lowest BCUT2D eigenvalue weighted by Crippen LogP contribution is -2.54. The van der Waals surface area contributed by atoms with E-state index in [0.717, 1.165) is 5.69 Å². The number of thiocarbonyl (C=S) groups is 1. The Morgan fingerprint density at radius 1 is 0.933 bits per heavy atom. The van der Waals surface area contributed by atoms with Crippen LogP contribution < -0.4 is 15.0 Å². The normalized spacial score (nSPS) is 15.3. The van der Waals surface area contributed by atoms with Gasteiger partial charge in [-0.3, -0.25) is 24.8 Å². The summed E-state index contributed by atoms with van der Waals surface area (Å²) < 4.78 is 5.78. The molecule has 30 heavy (non-hydrogen) atoms. The van der Waals surface area contributed by atoms with E-state index in [9.17, 15) is 9.59 Å². The zero-order valence-corrected chi connectivity index (χ0v) is 16.8. The van der Waals surface area contributed by atoms with Crippen LogP contribution in [0.5, 0.6) is 11.5 Å². The monoisotopic (exact) mass is 415 g/mol. The first-order valence-electron chi connectivity index (χ1n) is 9.19. The SMILES string of the molecule is Cc1cccc(/C=C2\C(=O)NC(=S)N(c3ccc(Oc4ccccc4)cc3)C2=O)n1. The van der Waals surface area contributed by atoms with Gasteiger partial charge < -0.3 is 4.74 Å². The molecule has 2 amide bonds. The second-order valence-corrected chi connectivity index (χ2v) is 6.96. The molecule has 0 aliphatic carbocycles. The number of pyridine rings is 1. The average Bonchev–Trinajstić information content (AvgIpc) is 2.73. The topological polar surface area (TPSA) is 71.5 Å². The van der Waals surface area contributed by atoms with E-state index in [0.29, 0.717) is 22.9 Å². The smallest absolute Gasteiger partial charge is 0.270 e. The Hall–Kier alpha value is -3.84. The van der Waals surface area contributed by atoms with Crippen LogP contribution in [-0.4, -0.2) is 21.9 Å². The Morgan fingerprint density at radius 2 is 1.63 bits per heavy atom. The number of amides is 2. The Kier molecular flexibility index (Phi) is 5.36. The Labute approximate surface area is 178 Å². The molecule has 1 N–H and O–H groups in total. The van der Waals surface area contributed by atoms with Crippen molar-refractivity contribution in [1.82, 2.24) is 10.3 Å². The summed E-state index contributed by atoms with van der Waals surface area (Å²) in [4.78, 5) is 31.0. The first-order valence-corrected chi connectivity index (χ1v) is 9.60. The minimum Gasteiger partial charge on any atom is -0.457 e. The number of carbonyl (C=O) groups is 2. The lowest BCUT2D eigenvalue weighted by Gasteiger charge is -2.29. The lowest BCUT2D eigenvalue weighted by molar-refractivity contribution is -0.122. The second kappa shape index (κ2) is 8.26. The summed E-state index contributed by atoms with van der Waals surface area (Å²) in [5, 5.41) is 2.59. The van der Waals surface area contributed by atoms with Crippen molar-refractivity contribution < 1.29 is 14.3 Å². The number of nitrogens with zero attached hydrogens (tertiary/aromatic N) is 2. The number of nitrogens with one attached hydrogen (secondary N) is 1. The van der Waals surface area contributed by atoms with Gasteiger partial charge in [-0.2, -0.15) is 0 Å². The predicted octanol–water partition coefficient (Wildman–Crippen LogP) is 4.01. The van der Waals surface area contributed by atoms with Gasteiger partial charge in [-0.05, 0) is 73.7 Å². The third-order valence-electron chi connectivity index (χ3n) is 4.38. The number of anilines is 1. The van der Waals surface area contributed by atoms with Gasteiger partial charge in [0, 0.05) is 5.69 Å². The van der Waals surface area contributed by atoms with Gasteiger partial charge in [0.15, 0.2) is 5.11 Å². The summed E-state index contributed by atoms with van der Waals surface area (Å²) in [6, 6.07) is 21.6. The van der Waals surface area contributed by atoms with Gasteiger partial charge >= 0.3 is 0 Å². The van der Waals surface area contributed by atoms with Crippen molar-refractivity contribution >= 4 is 40.9 Å². The summed E-state index contributed by atoms with van der Waals surface area (Å²) in [6.07, 6.45) is 1.46. The molecule has 4 rings (SSSR count). The van der Waals surface area contributed by atoms with Crippen molar-refractivity contribution in [2.45, 2.75) is 6.92 Å². The molecule has 0 atom stereocenters. The highest BCUT2D eigenvalue weighted by atomic mass is 32.1. The van der Waals surface area contributed by atoms with E-state index in [1.165, 1.54) is 11.0 Å². The van der Waals surface area contributed by atoms with Crippen molar-refractivity contribution in [3.8, 4) is 11.5 Å². The minimum absolute atomic E-state index is 0.0241. The molecule has 0 radical (unpaired) electrons. The van der Waals surface area contributed by atoms with E-state index in [1.54, 1.807) is 30.3 Å². The third kappa shape index (κ3) is 4.11. The Morgan fingerprint density at radius 3 is 2.33 bits per heavy atom. The first kappa shape index (κ1) is 19.5. The molecule has 1 aliphatic heterocycles. The van der Waals surface area contributed by atoms with Gasteiger partial charge in [-0.15, -0.1) is 0 Å². The summed E-state index contributed by atoms with van der Waals surface area (Å²) in [5.74, 6) is 0.263. The van der Waals surface area contributed by atoms with Gasteiger partial charge in [-0.1, -0.05) is 24.3 Å². The number of hydrogen-bond donors (Lipinski definition) is 1. The molecular formula is C23H17N3O3S. The van der Waals surface area contributed by atoms with Gasteiger partial charge in [0.2, 0.25) is 0 Å². The highest BCUT2D eigenvalue weighted by Gasteiger charge is 2.34. The van der Waals surface area contributed by atoms with E-state index >= 15 is 0 Å². The Bertz CT molecular complexity index is 1160. The number of rotatable bonds is 4. The molecule has 1 aliphatic rings. The largest absolute Gasteiger partial charge is 0.457 e. The molecule has 2 aromatic carbocycles. The van der Waals surface area contributed by atoms with Crippen molar-refractivity contribution in [2.75, 3.05) is 4.90 Å². The fourth-order valence-electron chi connectivity index (χ4n) is 2.97. The van der Waals surface area contributed by atoms with E-state index in [2.05, 4.69) is 10.3 Å². The van der Waals surface area contributed by atoms with Crippen LogP contribution in [0.4, 0.5) is 5.69 Å². The zero-order chi connectivity index (χ0) is 21.1. The van der Waals surface area contributed by atoms with Gasteiger partial charge in [-0.25, -0.2) is 0 Å². The summed E-state index contributed by atoms with van der Waals surface area (Å²) in [5.41, 5.74) is 1.79. The van der Waals surface area contributed by atoms with Crippen LogP contribution in [0.1, 0.15) is 11.4 Å². The molecule has 3 aromatic rings. The third-order valence-corrected chi connectivity index (χ3v) is 4.66. The highest BCUT2D eigenvalue weighted by Crippen LogP contribution is 2.27. The van der Waals surface area contributed by atoms with Crippen LogP contribution in [0.2, 0.25) is 0 Å². The highest BCUT2D eigenvalue weighted by molar-refractivity contribution is 7.80. The van der Waals surface area contributed by atoms with Crippen LogP contribution in [-0.2, 0) is 9.59 Å². The average molecular weight is 415 g/mol. The van der Waals surface area contributed by atoms with Crippen molar-refractivity contribution in [1.29, 1.82) is 0 Å². The van der Waals surface area contributed by atoms with E-state index < -0.39 is 11.8 Å². The fraction of sp³-hybridized carbons (Fsp3) is 0.0435. The zero-order valence-electron chi connectivity index (χ0n) is 16.0. The maximum atomic E-state index is 13.1. The van der Waals surface area contributed by atoms with Gasteiger partial charge in [0.1, 0.15) is 17.1 Å². The second-order valence-electron chi connectivity index (χ2n) is 6.57. The molecule has 148 valence electrons. The van der Waals surface area contributed by atoms with Crippen LogP contribution >= 0.6 is 12.2 Å². The van der Waals surface area contributed by atoms with E-state index in [4.69, 9.17) is 17.0 Å². The molecule has 6 nitrogen and oxygen atoms in total. The lowest BCUT2D eigenvalue weighted by atomic mass is 10.1. The molecule has 0 saturated carbocycles. The molecular weight excluding hydrogens is 398 g/mol. The number of para-hydroxylation sites is 1. The Balaban J connectivity index is 1.60. The molecule has 0 unspecified atom stereocenters. The summed E-state index contributed by atoms with van der Waals surface area (Å²) >= 11 is 5.24. The van der Waals surface area contributed by atoms with E-state index in [-0.39, 0.29) is 10.7 Å². The molecule has 1 fully saturated rings. The maximum Gasteiger partial charge on any atom is 0.270 e. The first-order chi connectivity index (χ1) is 14.5. The van der Waals surface area contributed by atoms with Crippen molar-refractivity contribution in [3.63, 3.8) is 0 Å². The number of aryl methyl sites for hydroxylation is 1. The van der Waals surface area contributed by atoms with Crippen LogP contribution in [0, 0.1) is 6.92 Å². The number of aromatic nitrogens is 1.